The molecule has 0 heterocycles. The minimum Gasteiger partial charge on any atom is -0.469 e. The number of esters is 1. The minimum absolute atomic E-state index is 0.0748. The Labute approximate surface area is 194 Å². The predicted molar refractivity (Wildman–Crippen MR) is 137 cm³/mol. The molecule has 0 aromatic rings. The number of ether oxygens (including phenoxy) is 1. The number of methoxy groups -OCH3 is 1. The Bertz CT molecular complexity index is 448. The molecule has 0 spiro atoms. The normalized spacial score (nSPS) is 11.9. The molecule has 0 aliphatic heterocycles. The second-order valence-corrected chi connectivity index (χ2v) is 8.73. The van der Waals surface area contributed by atoms with Gasteiger partial charge >= 0.3 is 5.97 Å². The largest absolute Gasteiger partial charge is 0.469 e. The second-order valence-electron chi connectivity index (χ2n) is 8.73. The first-order valence-corrected chi connectivity index (χ1v) is 13.3. The highest BCUT2D eigenvalue weighted by molar-refractivity contribution is 5.68. The molecule has 2 heteroatoms. The lowest BCUT2D eigenvalue weighted by atomic mass is 10.1. The SMILES string of the molecule is CCCCC/C=C/C/C=C/CCCCCCC/C=C/CCCCCCCCC(=O)OC. The van der Waals surface area contributed by atoms with E-state index in [0.717, 1.165) is 19.3 Å². The van der Waals surface area contributed by atoms with Crippen LogP contribution in [0.3, 0.4) is 0 Å². The highest BCUT2D eigenvalue weighted by atomic mass is 16.5. The molecule has 0 aromatic heterocycles. The summed E-state index contributed by atoms with van der Waals surface area (Å²) < 4.78 is 4.65. The molecular weight excluding hydrogens is 380 g/mol. The molecular formula is C29H52O2. The van der Waals surface area contributed by atoms with Gasteiger partial charge in [-0.05, 0) is 64.2 Å². The van der Waals surface area contributed by atoms with Crippen LogP contribution in [0.1, 0.15) is 135 Å². The quantitative estimate of drug-likeness (QED) is 0.0912. The van der Waals surface area contributed by atoms with Gasteiger partial charge in [0.25, 0.3) is 0 Å². The third-order valence-electron chi connectivity index (χ3n) is 5.72. The Kier molecular flexibility index (Phi) is 25.6. The summed E-state index contributed by atoms with van der Waals surface area (Å²) in [4.78, 5) is 11.0. The lowest BCUT2D eigenvalue weighted by molar-refractivity contribution is -0.140. The van der Waals surface area contributed by atoms with E-state index in [1.807, 2.05) is 0 Å². The van der Waals surface area contributed by atoms with Crippen LogP contribution in [0.4, 0.5) is 0 Å². The lowest BCUT2D eigenvalue weighted by Crippen LogP contribution is -1.99. The zero-order chi connectivity index (χ0) is 22.7. The van der Waals surface area contributed by atoms with Crippen molar-refractivity contribution in [1.82, 2.24) is 0 Å². The summed E-state index contributed by atoms with van der Waals surface area (Å²) in [5.74, 6) is -0.0748. The highest BCUT2D eigenvalue weighted by Gasteiger charge is 1.98. The molecule has 0 rings (SSSR count). The maximum absolute atomic E-state index is 11.0. The van der Waals surface area contributed by atoms with E-state index >= 15 is 0 Å². The molecule has 31 heavy (non-hydrogen) atoms. The van der Waals surface area contributed by atoms with Crippen molar-refractivity contribution in [2.75, 3.05) is 7.11 Å². The summed E-state index contributed by atoms with van der Waals surface area (Å²) in [6.45, 7) is 2.26. The van der Waals surface area contributed by atoms with Crippen LogP contribution in [-0.4, -0.2) is 13.1 Å². The van der Waals surface area contributed by atoms with Gasteiger partial charge in [-0.2, -0.15) is 0 Å². The van der Waals surface area contributed by atoms with Crippen LogP contribution in [0.2, 0.25) is 0 Å². The van der Waals surface area contributed by atoms with Crippen LogP contribution in [0.15, 0.2) is 36.5 Å². The minimum atomic E-state index is -0.0748. The maximum Gasteiger partial charge on any atom is 0.305 e. The van der Waals surface area contributed by atoms with Crippen molar-refractivity contribution < 1.29 is 9.53 Å². The topological polar surface area (TPSA) is 26.3 Å². The third kappa shape index (κ3) is 26.7. The number of hydrogen-bond acceptors (Lipinski definition) is 2. The van der Waals surface area contributed by atoms with Crippen LogP contribution in [-0.2, 0) is 9.53 Å². The van der Waals surface area contributed by atoms with Crippen molar-refractivity contribution >= 4 is 5.97 Å². The monoisotopic (exact) mass is 432 g/mol. The van der Waals surface area contributed by atoms with E-state index in [2.05, 4.69) is 48.1 Å². The molecule has 0 saturated carbocycles. The summed E-state index contributed by atoms with van der Waals surface area (Å²) in [5, 5.41) is 0. The molecule has 0 bridgehead atoms. The number of rotatable bonds is 23. The van der Waals surface area contributed by atoms with Gasteiger partial charge < -0.3 is 4.74 Å². The molecule has 2 nitrogen and oxygen atoms in total. The van der Waals surface area contributed by atoms with Gasteiger partial charge in [0.05, 0.1) is 7.11 Å². The number of carbonyl (C=O) groups is 1. The summed E-state index contributed by atoms with van der Waals surface area (Å²) >= 11 is 0. The van der Waals surface area contributed by atoms with Crippen molar-refractivity contribution in [3.05, 3.63) is 36.5 Å². The van der Waals surface area contributed by atoms with Gasteiger partial charge in [0.2, 0.25) is 0 Å². The summed E-state index contributed by atoms with van der Waals surface area (Å²) in [7, 11) is 1.46. The number of carbonyl (C=O) groups excluding carboxylic acids is 1. The first-order valence-electron chi connectivity index (χ1n) is 13.3. The maximum atomic E-state index is 11.0. The van der Waals surface area contributed by atoms with E-state index in [9.17, 15) is 4.79 Å². The molecule has 0 unspecified atom stereocenters. The molecule has 0 aromatic carbocycles. The van der Waals surface area contributed by atoms with Crippen LogP contribution in [0.25, 0.3) is 0 Å². The van der Waals surface area contributed by atoms with E-state index in [4.69, 9.17) is 0 Å². The molecule has 0 aliphatic rings. The molecule has 0 radical (unpaired) electrons. The number of allylic oxidation sites excluding steroid dienone is 6. The van der Waals surface area contributed by atoms with E-state index in [-0.39, 0.29) is 5.97 Å². The van der Waals surface area contributed by atoms with Crippen LogP contribution < -0.4 is 0 Å². The van der Waals surface area contributed by atoms with Crippen LogP contribution in [0, 0.1) is 0 Å². The highest BCUT2D eigenvalue weighted by Crippen LogP contribution is 2.11. The first kappa shape index (κ1) is 29.7. The van der Waals surface area contributed by atoms with Crippen LogP contribution >= 0.6 is 0 Å². The fourth-order valence-corrected chi connectivity index (χ4v) is 3.65. The molecule has 180 valence electrons. The molecule has 0 aliphatic carbocycles. The lowest BCUT2D eigenvalue weighted by Gasteiger charge is -2.01. The number of hydrogen-bond donors (Lipinski definition) is 0. The van der Waals surface area contributed by atoms with Gasteiger partial charge in [0, 0.05) is 6.42 Å². The van der Waals surface area contributed by atoms with Gasteiger partial charge in [0.15, 0.2) is 0 Å². The Hall–Kier alpha value is -1.31. The first-order chi connectivity index (χ1) is 15.3. The zero-order valence-electron chi connectivity index (χ0n) is 20.9. The van der Waals surface area contributed by atoms with Gasteiger partial charge in [-0.1, -0.05) is 101 Å². The molecule has 0 atom stereocenters. The predicted octanol–water partition coefficient (Wildman–Crippen LogP) is 9.65. The van der Waals surface area contributed by atoms with Crippen molar-refractivity contribution in [3.63, 3.8) is 0 Å². The average Bonchev–Trinajstić information content (AvgIpc) is 2.78. The molecule has 0 N–H and O–H groups in total. The van der Waals surface area contributed by atoms with Crippen molar-refractivity contribution in [1.29, 1.82) is 0 Å². The zero-order valence-corrected chi connectivity index (χ0v) is 20.9. The number of unbranched alkanes of at least 4 members (excludes halogenated alkanes) is 15. The Morgan fingerprint density at radius 3 is 1.39 bits per heavy atom. The fourth-order valence-electron chi connectivity index (χ4n) is 3.65. The summed E-state index contributed by atoms with van der Waals surface area (Å²) in [5.41, 5.74) is 0. The summed E-state index contributed by atoms with van der Waals surface area (Å²) in [6, 6.07) is 0. The van der Waals surface area contributed by atoms with E-state index in [1.54, 1.807) is 0 Å². The summed E-state index contributed by atoms with van der Waals surface area (Å²) in [6.07, 6.45) is 38.9. The van der Waals surface area contributed by atoms with Crippen molar-refractivity contribution in [2.45, 2.75) is 135 Å². The van der Waals surface area contributed by atoms with Gasteiger partial charge in [-0.3, -0.25) is 4.79 Å². The van der Waals surface area contributed by atoms with Gasteiger partial charge in [-0.25, -0.2) is 0 Å². The van der Waals surface area contributed by atoms with E-state index in [1.165, 1.54) is 110 Å². The Morgan fingerprint density at radius 2 is 0.935 bits per heavy atom. The second kappa shape index (κ2) is 26.7. The van der Waals surface area contributed by atoms with Crippen molar-refractivity contribution in [2.24, 2.45) is 0 Å². The Balaban J connectivity index is 3.21. The Morgan fingerprint density at radius 1 is 0.548 bits per heavy atom. The third-order valence-corrected chi connectivity index (χ3v) is 5.72. The van der Waals surface area contributed by atoms with E-state index < -0.39 is 0 Å². The average molecular weight is 433 g/mol. The molecule has 0 amide bonds. The molecule has 0 fully saturated rings. The van der Waals surface area contributed by atoms with Gasteiger partial charge in [-0.15, -0.1) is 0 Å². The van der Waals surface area contributed by atoms with Crippen LogP contribution in [0.5, 0.6) is 0 Å². The van der Waals surface area contributed by atoms with E-state index in [0.29, 0.717) is 6.42 Å². The standard InChI is InChI=1S/C29H52O2/c1-3-4-5-6-7-8-9-10-11-12-13-14-15-16-17-18-19-20-21-22-23-24-25-26-27-28-29(30)31-2/h7-8,10-11,19-20H,3-6,9,12-18,21-28H2,1-2H3/b8-7+,11-10+,20-19+. The smallest absolute Gasteiger partial charge is 0.305 e. The molecule has 0 saturated heterocycles. The van der Waals surface area contributed by atoms with Crippen molar-refractivity contribution in [3.8, 4) is 0 Å². The fraction of sp³-hybridized carbons (Fsp3) is 0.759. The van der Waals surface area contributed by atoms with Gasteiger partial charge in [0.1, 0.15) is 0 Å².